The van der Waals surface area contributed by atoms with Gasteiger partial charge in [-0.25, -0.2) is 4.79 Å². The van der Waals surface area contributed by atoms with E-state index < -0.39 is 12.0 Å². The average Bonchev–Trinajstić information content (AvgIpc) is 2.97. The molecule has 5 heteroatoms. The molecule has 2 aliphatic rings. The van der Waals surface area contributed by atoms with E-state index in [-0.39, 0.29) is 17.7 Å². The number of nitrogens with zero attached hydrogens (tertiary/aromatic N) is 1. The predicted molar refractivity (Wildman–Crippen MR) is 62.1 cm³/mol. The SMILES string of the molecule is C=CCC(=O)N1C(C(=O)O)CSC1C1CC1. The Morgan fingerprint density at radius 1 is 1.50 bits per heavy atom. The van der Waals surface area contributed by atoms with E-state index in [2.05, 4.69) is 6.58 Å². The van der Waals surface area contributed by atoms with Gasteiger partial charge in [-0.3, -0.25) is 4.79 Å². The number of carbonyl (C=O) groups excluding carboxylic acids is 1. The van der Waals surface area contributed by atoms with Gasteiger partial charge >= 0.3 is 5.97 Å². The Bertz CT molecular complexity index is 327. The first-order chi connectivity index (χ1) is 7.65. The number of carboxylic acids is 1. The minimum Gasteiger partial charge on any atom is -0.480 e. The Kier molecular flexibility index (Phi) is 3.23. The maximum absolute atomic E-state index is 11.9. The number of aliphatic carboxylic acids is 1. The van der Waals surface area contributed by atoms with Gasteiger partial charge in [0.15, 0.2) is 0 Å². The van der Waals surface area contributed by atoms with Gasteiger partial charge in [0.2, 0.25) is 5.91 Å². The third kappa shape index (κ3) is 2.09. The number of carboxylic acid groups (broad SMARTS) is 1. The van der Waals surface area contributed by atoms with Crippen LogP contribution in [0.2, 0.25) is 0 Å². The van der Waals surface area contributed by atoms with Crippen LogP contribution in [0.1, 0.15) is 19.3 Å². The molecule has 1 aliphatic carbocycles. The maximum Gasteiger partial charge on any atom is 0.327 e. The summed E-state index contributed by atoms with van der Waals surface area (Å²) in [4.78, 5) is 24.5. The number of amides is 1. The fourth-order valence-corrected chi connectivity index (χ4v) is 3.66. The first-order valence-electron chi connectivity index (χ1n) is 5.41. The quantitative estimate of drug-likeness (QED) is 0.754. The van der Waals surface area contributed by atoms with Gasteiger partial charge in [-0.2, -0.15) is 0 Å². The monoisotopic (exact) mass is 241 g/mol. The average molecular weight is 241 g/mol. The van der Waals surface area contributed by atoms with Gasteiger partial charge in [-0.05, 0) is 18.8 Å². The summed E-state index contributed by atoms with van der Waals surface area (Å²) < 4.78 is 0. The summed E-state index contributed by atoms with van der Waals surface area (Å²) in [6, 6.07) is -0.650. The highest BCUT2D eigenvalue weighted by atomic mass is 32.2. The van der Waals surface area contributed by atoms with Crippen molar-refractivity contribution in [1.29, 1.82) is 0 Å². The smallest absolute Gasteiger partial charge is 0.327 e. The van der Waals surface area contributed by atoms with Crippen LogP contribution >= 0.6 is 11.8 Å². The molecule has 0 aromatic carbocycles. The van der Waals surface area contributed by atoms with Crippen LogP contribution in [0.25, 0.3) is 0 Å². The van der Waals surface area contributed by atoms with Crippen molar-refractivity contribution in [3.63, 3.8) is 0 Å². The molecule has 88 valence electrons. The summed E-state index contributed by atoms with van der Waals surface area (Å²) in [5.74, 6) is 0.0137. The second kappa shape index (κ2) is 4.49. The maximum atomic E-state index is 11.9. The summed E-state index contributed by atoms with van der Waals surface area (Å²) in [6.45, 7) is 3.53. The van der Waals surface area contributed by atoms with Crippen LogP contribution in [-0.4, -0.2) is 39.1 Å². The van der Waals surface area contributed by atoms with Crippen molar-refractivity contribution < 1.29 is 14.7 Å². The number of rotatable bonds is 4. The van der Waals surface area contributed by atoms with Crippen molar-refractivity contribution in [2.24, 2.45) is 5.92 Å². The van der Waals surface area contributed by atoms with Gasteiger partial charge in [0.05, 0.1) is 5.37 Å². The number of carbonyl (C=O) groups is 2. The van der Waals surface area contributed by atoms with Gasteiger partial charge < -0.3 is 10.0 Å². The van der Waals surface area contributed by atoms with Crippen LogP contribution in [0.4, 0.5) is 0 Å². The largest absolute Gasteiger partial charge is 0.480 e. The van der Waals surface area contributed by atoms with Gasteiger partial charge in [0.1, 0.15) is 6.04 Å². The Morgan fingerprint density at radius 2 is 2.19 bits per heavy atom. The molecule has 1 N–H and O–H groups in total. The van der Waals surface area contributed by atoms with E-state index in [1.807, 2.05) is 0 Å². The zero-order valence-electron chi connectivity index (χ0n) is 8.96. The zero-order chi connectivity index (χ0) is 11.7. The molecule has 1 amide bonds. The highest BCUT2D eigenvalue weighted by molar-refractivity contribution is 8.00. The lowest BCUT2D eigenvalue weighted by molar-refractivity contribution is -0.149. The number of hydrogen-bond acceptors (Lipinski definition) is 3. The molecule has 16 heavy (non-hydrogen) atoms. The lowest BCUT2D eigenvalue weighted by Gasteiger charge is -2.26. The molecular weight excluding hydrogens is 226 g/mol. The van der Waals surface area contributed by atoms with Crippen molar-refractivity contribution in [2.45, 2.75) is 30.7 Å². The van der Waals surface area contributed by atoms with Gasteiger partial charge in [-0.1, -0.05) is 6.08 Å². The molecule has 1 heterocycles. The molecule has 0 spiro atoms. The predicted octanol–water partition coefficient (Wildman–Crippen LogP) is 1.33. The summed E-state index contributed by atoms with van der Waals surface area (Å²) >= 11 is 1.60. The number of thioether (sulfide) groups is 1. The Hall–Kier alpha value is -0.970. The summed E-state index contributed by atoms with van der Waals surface area (Å²) in [5.41, 5.74) is 0. The summed E-state index contributed by atoms with van der Waals surface area (Å²) in [5, 5.41) is 9.17. The lowest BCUT2D eigenvalue weighted by Crippen LogP contribution is -2.46. The molecule has 1 saturated carbocycles. The minimum atomic E-state index is -0.895. The Labute approximate surface area is 98.7 Å². The van der Waals surface area contributed by atoms with Crippen LogP contribution in [-0.2, 0) is 9.59 Å². The van der Waals surface area contributed by atoms with Crippen molar-refractivity contribution in [3.05, 3.63) is 12.7 Å². The number of hydrogen-bond donors (Lipinski definition) is 1. The normalized spacial score (nSPS) is 29.1. The van der Waals surface area contributed by atoms with Crippen LogP contribution < -0.4 is 0 Å². The van der Waals surface area contributed by atoms with Gasteiger partial charge in [0, 0.05) is 12.2 Å². The standard InChI is InChI=1S/C11H15NO3S/c1-2-3-9(13)12-8(11(14)15)6-16-10(12)7-4-5-7/h2,7-8,10H,1,3-6H2,(H,14,15). The van der Waals surface area contributed by atoms with E-state index in [4.69, 9.17) is 5.11 Å². The fraction of sp³-hybridized carbons (Fsp3) is 0.636. The molecule has 2 rings (SSSR count). The third-order valence-electron chi connectivity index (χ3n) is 2.95. The fourth-order valence-electron chi connectivity index (χ4n) is 2.01. The lowest BCUT2D eigenvalue weighted by atomic mass is 10.2. The van der Waals surface area contributed by atoms with Crippen LogP contribution in [0.3, 0.4) is 0 Å². The first-order valence-corrected chi connectivity index (χ1v) is 6.46. The van der Waals surface area contributed by atoms with E-state index >= 15 is 0 Å². The van der Waals surface area contributed by atoms with E-state index in [9.17, 15) is 9.59 Å². The second-order valence-corrected chi connectivity index (χ2v) is 5.36. The van der Waals surface area contributed by atoms with E-state index in [0.717, 1.165) is 12.8 Å². The molecule has 2 unspecified atom stereocenters. The summed E-state index contributed by atoms with van der Waals surface area (Å²) in [7, 11) is 0. The molecular formula is C11H15NO3S. The molecule has 1 saturated heterocycles. The zero-order valence-corrected chi connectivity index (χ0v) is 9.78. The van der Waals surface area contributed by atoms with Crippen LogP contribution in [0.5, 0.6) is 0 Å². The Balaban J connectivity index is 2.13. The van der Waals surface area contributed by atoms with Crippen LogP contribution in [0, 0.1) is 5.92 Å². The summed E-state index contributed by atoms with van der Waals surface area (Å²) in [6.07, 6.45) is 3.99. The van der Waals surface area contributed by atoms with E-state index in [1.54, 1.807) is 16.7 Å². The molecule has 0 aromatic heterocycles. The van der Waals surface area contributed by atoms with Crippen molar-refractivity contribution in [1.82, 2.24) is 4.90 Å². The van der Waals surface area contributed by atoms with Crippen molar-refractivity contribution in [2.75, 3.05) is 5.75 Å². The highest BCUT2D eigenvalue weighted by Gasteiger charge is 2.47. The van der Waals surface area contributed by atoms with Gasteiger partial charge in [-0.15, -0.1) is 18.3 Å². The molecule has 1 aliphatic heterocycles. The van der Waals surface area contributed by atoms with Gasteiger partial charge in [0.25, 0.3) is 0 Å². The highest BCUT2D eigenvalue weighted by Crippen LogP contribution is 2.45. The minimum absolute atomic E-state index is 0.0774. The van der Waals surface area contributed by atoms with Crippen molar-refractivity contribution in [3.8, 4) is 0 Å². The molecule has 2 atom stereocenters. The Morgan fingerprint density at radius 3 is 2.69 bits per heavy atom. The molecule has 0 radical (unpaired) electrons. The third-order valence-corrected chi connectivity index (χ3v) is 4.41. The van der Waals surface area contributed by atoms with E-state index in [0.29, 0.717) is 11.7 Å². The molecule has 4 nitrogen and oxygen atoms in total. The molecule has 2 fully saturated rings. The molecule has 0 aromatic rings. The first kappa shape index (κ1) is 11.5. The van der Waals surface area contributed by atoms with Crippen LogP contribution in [0.15, 0.2) is 12.7 Å². The topological polar surface area (TPSA) is 57.6 Å². The molecule has 0 bridgehead atoms. The van der Waals surface area contributed by atoms with E-state index in [1.165, 1.54) is 6.08 Å². The van der Waals surface area contributed by atoms with Crippen molar-refractivity contribution >= 4 is 23.6 Å². The second-order valence-electron chi connectivity index (χ2n) is 4.21.